The Bertz CT molecular complexity index is 818. The fourth-order valence-electron chi connectivity index (χ4n) is 2.35. The van der Waals surface area contributed by atoms with E-state index >= 15 is 0 Å². The molecule has 1 amide bonds. The van der Waals surface area contributed by atoms with Crippen LogP contribution in [0.15, 0.2) is 42.7 Å². The van der Waals surface area contributed by atoms with Gasteiger partial charge in [-0.3, -0.25) is 9.78 Å². The number of hydrogen-bond donors (Lipinski definition) is 3. The van der Waals surface area contributed by atoms with Crippen molar-refractivity contribution in [3.63, 3.8) is 0 Å². The Hall–Kier alpha value is -2.96. The average Bonchev–Trinajstić information content (AvgIpc) is 3.00. The summed E-state index contributed by atoms with van der Waals surface area (Å²) in [5.74, 6) is 0.324. The number of pyridine rings is 1. The standard InChI is InChI=1S/C17H18FN5O/c18-12-3-4-14-15(10-12)23-16(22-14)5-6-17(24)21-9-8-20-13-2-1-7-19-11-13/h1-4,7,10-11,20H,5-6,8-9H2,(H,21,24)(H,22,23). The third-order valence-corrected chi connectivity index (χ3v) is 3.52. The molecule has 0 aliphatic rings. The van der Waals surface area contributed by atoms with E-state index in [2.05, 4.69) is 25.6 Å². The first-order valence-corrected chi connectivity index (χ1v) is 7.75. The molecule has 7 heteroatoms. The van der Waals surface area contributed by atoms with Gasteiger partial charge in [0.1, 0.15) is 11.6 Å². The van der Waals surface area contributed by atoms with Crippen LogP contribution in [0.25, 0.3) is 11.0 Å². The second-order valence-corrected chi connectivity index (χ2v) is 5.36. The summed E-state index contributed by atoms with van der Waals surface area (Å²) in [5, 5.41) is 6.01. The van der Waals surface area contributed by atoms with Crippen molar-refractivity contribution in [3.8, 4) is 0 Å². The third kappa shape index (κ3) is 4.28. The maximum atomic E-state index is 13.1. The van der Waals surface area contributed by atoms with Crippen molar-refractivity contribution >= 4 is 22.6 Å². The number of nitrogens with zero attached hydrogens (tertiary/aromatic N) is 2. The lowest BCUT2D eigenvalue weighted by atomic mass is 10.3. The molecule has 0 atom stereocenters. The second-order valence-electron chi connectivity index (χ2n) is 5.36. The number of H-pyrrole nitrogens is 1. The molecule has 3 rings (SSSR count). The van der Waals surface area contributed by atoms with Crippen molar-refractivity contribution in [3.05, 3.63) is 54.4 Å². The van der Waals surface area contributed by atoms with Gasteiger partial charge in [-0.1, -0.05) is 0 Å². The van der Waals surface area contributed by atoms with Gasteiger partial charge < -0.3 is 15.6 Å². The van der Waals surface area contributed by atoms with Gasteiger partial charge in [-0.25, -0.2) is 9.37 Å². The third-order valence-electron chi connectivity index (χ3n) is 3.52. The summed E-state index contributed by atoms with van der Waals surface area (Å²) in [6.07, 6.45) is 4.25. The lowest BCUT2D eigenvalue weighted by Crippen LogP contribution is -2.29. The first-order chi connectivity index (χ1) is 11.7. The molecule has 0 unspecified atom stereocenters. The highest BCUT2D eigenvalue weighted by Crippen LogP contribution is 2.13. The van der Waals surface area contributed by atoms with E-state index < -0.39 is 0 Å². The predicted molar refractivity (Wildman–Crippen MR) is 90.1 cm³/mol. The van der Waals surface area contributed by atoms with Gasteiger partial charge in [-0.05, 0) is 30.3 Å². The minimum Gasteiger partial charge on any atom is -0.382 e. The number of benzene rings is 1. The number of halogens is 1. The zero-order chi connectivity index (χ0) is 16.8. The molecular formula is C17H18FN5O. The first-order valence-electron chi connectivity index (χ1n) is 7.75. The number of hydrogen-bond acceptors (Lipinski definition) is 4. The minimum atomic E-state index is -0.309. The van der Waals surface area contributed by atoms with Crippen molar-refractivity contribution in [1.29, 1.82) is 0 Å². The summed E-state index contributed by atoms with van der Waals surface area (Å²) in [5.41, 5.74) is 2.26. The number of aromatic amines is 1. The van der Waals surface area contributed by atoms with E-state index in [0.29, 0.717) is 42.8 Å². The number of amides is 1. The number of fused-ring (bicyclic) bond motifs is 1. The van der Waals surface area contributed by atoms with E-state index in [9.17, 15) is 9.18 Å². The van der Waals surface area contributed by atoms with Crippen LogP contribution in [-0.2, 0) is 11.2 Å². The number of aryl methyl sites for hydroxylation is 1. The van der Waals surface area contributed by atoms with Crippen molar-refractivity contribution < 1.29 is 9.18 Å². The minimum absolute atomic E-state index is 0.0466. The van der Waals surface area contributed by atoms with E-state index in [1.165, 1.54) is 12.1 Å². The predicted octanol–water partition coefficient (Wildman–Crippen LogP) is 2.26. The number of carbonyl (C=O) groups is 1. The molecule has 2 aromatic heterocycles. The van der Waals surface area contributed by atoms with E-state index in [-0.39, 0.29) is 11.7 Å². The normalized spacial score (nSPS) is 10.7. The van der Waals surface area contributed by atoms with Crippen LogP contribution in [0.4, 0.5) is 10.1 Å². The summed E-state index contributed by atoms with van der Waals surface area (Å²) >= 11 is 0. The summed E-state index contributed by atoms with van der Waals surface area (Å²) < 4.78 is 13.1. The number of aromatic nitrogens is 3. The first kappa shape index (κ1) is 15.9. The SMILES string of the molecule is O=C(CCc1nc2ccc(F)cc2[nH]1)NCCNc1cccnc1. The van der Waals surface area contributed by atoms with Gasteiger partial charge in [-0.2, -0.15) is 0 Å². The van der Waals surface area contributed by atoms with Crippen LogP contribution in [0.1, 0.15) is 12.2 Å². The molecule has 0 bridgehead atoms. The van der Waals surface area contributed by atoms with Crippen LogP contribution in [0.2, 0.25) is 0 Å². The van der Waals surface area contributed by atoms with Crippen LogP contribution >= 0.6 is 0 Å². The molecule has 0 aliphatic carbocycles. The number of rotatable bonds is 7. The Morgan fingerprint density at radius 2 is 2.17 bits per heavy atom. The molecule has 0 aliphatic heterocycles. The van der Waals surface area contributed by atoms with Gasteiger partial charge in [0.2, 0.25) is 5.91 Å². The molecule has 0 radical (unpaired) electrons. The highest BCUT2D eigenvalue weighted by atomic mass is 19.1. The molecule has 2 heterocycles. The van der Waals surface area contributed by atoms with E-state index in [1.54, 1.807) is 18.5 Å². The Balaban J connectivity index is 1.40. The van der Waals surface area contributed by atoms with E-state index in [4.69, 9.17) is 0 Å². The lowest BCUT2D eigenvalue weighted by Gasteiger charge is -2.07. The van der Waals surface area contributed by atoms with E-state index in [0.717, 1.165) is 5.69 Å². The molecule has 3 N–H and O–H groups in total. The number of nitrogens with one attached hydrogen (secondary N) is 3. The van der Waals surface area contributed by atoms with Gasteiger partial charge in [0, 0.05) is 38.3 Å². The molecule has 0 saturated carbocycles. The van der Waals surface area contributed by atoms with Crippen LogP contribution in [0.5, 0.6) is 0 Å². The lowest BCUT2D eigenvalue weighted by molar-refractivity contribution is -0.121. The summed E-state index contributed by atoms with van der Waals surface area (Å²) in [7, 11) is 0. The Morgan fingerprint density at radius 3 is 3.00 bits per heavy atom. The maximum Gasteiger partial charge on any atom is 0.220 e. The Labute approximate surface area is 138 Å². The van der Waals surface area contributed by atoms with Crippen LogP contribution in [-0.4, -0.2) is 33.9 Å². The number of anilines is 1. The number of imidazole rings is 1. The van der Waals surface area contributed by atoms with Crippen molar-refractivity contribution in [2.75, 3.05) is 18.4 Å². The molecule has 124 valence electrons. The molecule has 6 nitrogen and oxygen atoms in total. The molecule has 0 saturated heterocycles. The Kier molecular flexibility index (Phi) is 5.00. The molecule has 1 aromatic carbocycles. The highest BCUT2D eigenvalue weighted by Gasteiger charge is 2.07. The van der Waals surface area contributed by atoms with Gasteiger partial charge in [-0.15, -0.1) is 0 Å². The Morgan fingerprint density at radius 1 is 1.25 bits per heavy atom. The van der Waals surface area contributed by atoms with Crippen molar-refractivity contribution in [1.82, 2.24) is 20.3 Å². The fraction of sp³-hybridized carbons (Fsp3) is 0.235. The smallest absolute Gasteiger partial charge is 0.220 e. The molecule has 24 heavy (non-hydrogen) atoms. The summed E-state index contributed by atoms with van der Waals surface area (Å²) in [6, 6.07) is 8.15. The molecule has 3 aromatic rings. The van der Waals surface area contributed by atoms with Gasteiger partial charge in [0.25, 0.3) is 0 Å². The monoisotopic (exact) mass is 327 g/mol. The quantitative estimate of drug-likeness (QED) is 0.581. The van der Waals surface area contributed by atoms with Crippen LogP contribution in [0, 0.1) is 5.82 Å². The van der Waals surface area contributed by atoms with Crippen molar-refractivity contribution in [2.45, 2.75) is 12.8 Å². The second kappa shape index (κ2) is 7.54. The summed E-state index contributed by atoms with van der Waals surface area (Å²) in [6.45, 7) is 1.15. The highest BCUT2D eigenvalue weighted by molar-refractivity contribution is 5.77. The van der Waals surface area contributed by atoms with Crippen LogP contribution < -0.4 is 10.6 Å². The largest absolute Gasteiger partial charge is 0.382 e. The maximum absolute atomic E-state index is 13.1. The zero-order valence-electron chi connectivity index (χ0n) is 13.1. The average molecular weight is 327 g/mol. The van der Waals surface area contributed by atoms with Gasteiger partial charge >= 0.3 is 0 Å². The topological polar surface area (TPSA) is 82.7 Å². The van der Waals surface area contributed by atoms with E-state index in [1.807, 2.05) is 12.1 Å². The van der Waals surface area contributed by atoms with Gasteiger partial charge in [0.15, 0.2) is 0 Å². The zero-order valence-corrected chi connectivity index (χ0v) is 13.1. The van der Waals surface area contributed by atoms with Crippen LogP contribution in [0.3, 0.4) is 0 Å². The van der Waals surface area contributed by atoms with Gasteiger partial charge in [0.05, 0.1) is 16.7 Å². The number of carbonyl (C=O) groups excluding carboxylic acids is 1. The molecular weight excluding hydrogens is 309 g/mol. The van der Waals surface area contributed by atoms with Crippen molar-refractivity contribution in [2.24, 2.45) is 0 Å². The molecule has 0 fully saturated rings. The fourth-order valence-corrected chi connectivity index (χ4v) is 2.35. The summed E-state index contributed by atoms with van der Waals surface area (Å²) in [4.78, 5) is 23.2. The molecule has 0 spiro atoms.